The van der Waals surface area contributed by atoms with Gasteiger partial charge in [0.25, 0.3) is 0 Å². The van der Waals surface area contributed by atoms with E-state index in [1.807, 2.05) is 24.3 Å². The minimum absolute atomic E-state index is 0.450. The lowest BCUT2D eigenvalue weighted by molar-refractivity contribution is 0.100. The number of ether oxygens (including phenoxy) is 1. The molecule has 1 aromatic heterocycles. The van der Waals surface area contributed by atoms with Crippen LogP contribution in [0.15, 0.2) is 54.7 Å². The average molecular weight is 303 g/mol. The van der Waals surface area contributed by atoms with Crippen molar-refractivity contribution in [3.63, 3.8) is 0 Å². The molecular weight excluding hydrogens is 290 g/mol. The maximum absolute atomic E-state index is 11.2. The third-order valence-corrected chi connectivity index (χ3v) is 3.82. The Labute approximate surface area is 132 Å². The second-order valence-corrected chi connectivity index (χ2v) is 5.29. The van der Waals surface area contributed by atoms with Crippen molar-refractivity contribution in [2.45, 2.75) is 6.61 Å². The molecule has 1 amide bonds. The highest BCUT2D eigenvalue weighted by molar-refractivity contribution is 5.93. The Morgan fingerprint density at radius 3 is 2.65 bits per heavy atom. The third kappa shape index (κ3) is 2.32. The first kappa shape index (κ1) is 13.5. The van der Waals surface area contributed by atoms with E-state index in [2.05, 4.69) is 4.98 Å². The molecule has 0 saturated carbocycles. The van der Waals surface area contributed by atoms with Crippen LogP contribution in [-0.4, -0.2) is 15.9 Å². The van der Waals surface area contributed by atoms with E-state index in [9.17, 15) is 4.79 Å². The Balaban J connectivity index is 1.80. The number of fused-ring (bicyclic) bond motifs is 3. The predicted molar refractivity (Wildman–Crippen MR) is 85.8 cm³/mol. The van der Waals surface area contributed by atoms with Gasteiger partial charge in [-0.15, -0.1) is 0 Å². The lowest BCUT2D eigenvalue weighted by Gasteiger charge is -2.19. The number of carbonyl (C=O) groups excluding carboxylic acids is 1. The summed E-state index contributed by atoms with van der Waals surface area (Å²) in [5.74, 6) is 0.985. The zero-order valence-electron chi connectivity index (χ0n) is 12.2. The van der Waals surface area contributed by atoms with E-state index >= 15 is 0 Å². The maximum Gasteiger partial charge on any atom is 0.248 e. The molecule has 0 aliphatic carbocycles. The van der Waals surface area contributed by atoms with Crippen LogP contribution in [0, 0.1) is 0 Å². The molecule has 0 bridgehead atoms. The summed E-state index contributed by atoms with van der Waals surface area (Å²) in [7, 11) is 0. The van der Waals surface area contributed by atoms with Crippen LogP contribution in [0.3, 0.4) is 0 Å². The van der Waals surface area contributed by atoms with Gasteiger partial charge in [-0.1, -0.05) is 24.3 Å². The minimum atomic E-state index is -0.450. The van der Waals surface area contributed by atoms with Gasteiger partial charge in [0.2, 0.25) is 5.91 Å². The standard InChI is InChI=1S/C18H13N3O2/c19-17(22)11-5-7-12(8-6-11)18-20-9-13-10-23-15-4-2-1-3-14(15)16(13)21-18/h1-9H,10H2,(H2,19,22). The van der Waals surface area contributed by atoms with Crippen LogP contribution in [0.5, 0.6) is 5.75 Å². The van der Waals surface area contributed by atoms with Crippen LogP contribution in [-0.2, 0) is 6.61 Å². The van der Waals surface area contributed by atoms with Crippen molar-refractivity contribution in [2.75, 3.05) is 0 Å². The molecule has 112 valence electrons. The zero-order chi connectivity index (χ0) is 15.8. The molecule has 5 heteroatoms. The van der Waals surface area contributed by atoms with Crippen molar-refractivity contribution in [1.82, 2.24) is 9.97 Å². The van der Waals surface area contributed by atoms with E-state index in [1.54, 1.807) is 30.5 Å². The van der Waals surface area contributed by atoms with Crippen molar-refractivity contribution in [1.29, 1.82) is 0 Å². The quantitative estimate of drug-likeness (QED) is 0.789. The molecule has 3 aromatic rings. The van der Waals surface area contributed by atoms with Gasteiger partial charge in [0.05, 0.1) is 5.69 Å². The lowest BCUT2D eigenvalue weighted by Crippen LogP contribution is -2.10. The van der Waals surface area contributed by atoms with Crippen LogP contribution in [0.25, 0.3) is 22.6 Å². The molecule has 5 nitrogen and oxygen atoms in total. The second-order valence-electron chi connectivity index (χ2n) is 5.29. The molecule has 2 N–H and O–H groups in total. The van der Waals surface area contributed by atoms with E-state index in [0.29, 0.717) is 18.0 Å². The Hall–Kier alpha value is -3.21. The average Bonchev–Trinajstić information content (AvgIpc) is 2.61. The molecule has 0 radical (unpaired) electrons. The number of para-hydroxylation sites is 1. The van der Waals surface area contributed by atoms with Crippen molar-refractivity contribution in [3.05, 3.63) is 65.9 Å². The number of hydrogen-bond donors (Lipinski definition) is 1. The molecular formula is C18H13N3O2. The Morgan fingerprint density at radius 1 is 1.09 bits per heavy atom. The van der Waals surface area contributed by atoms with E-state index in [0.717, 1.165) is 28.1 Å². The van der Waals surface area contributed by atoms with Crippen LogP contribution >= 0.6 is 0 Å². The summed E-state index contributed by atoms with van der Waals surface area (Å²) >= 11 is 0. The number of rotatable bonds is 2. The summed E-state index contributed by atoms with van der Waals surface area (Å²) in [6.07, 6.45) is 1.79. The summed E-state index contributed by atoms with van der Waals surface area (Å²) < 4.78 is 5.71. The monoisotopic (exact) mass is 303 g/mol. The zero-order valence-corrected chi connectivity index (χ0v) is 12.2. The first-order chi connectivity index (χ1) is 11.2. The Morgan fingerprint density at radius 2 is 1.87 bits per heavy atom. The number of carbonyl (C=O) groups is 1. The molecule has 0 fully saturated rings. The molecule has 4 rings (SSSR count). The van der Waals surface area contributed by atoms with Gasteiger partial charge in [-0.2, -0.15) is 0 Å². The molecule has 1 aliphatic heterocycles. The predicted octanol–water partition coefficient (Wildman–Crippen LogP) is 2.80. The van der Waals surface area contributed by atoms with Gasteiger partial charge in [-0.05, 0) is 24.3 Å². The normalized spacial score (nSPS) is 12.0. The van der Waals surface area contributed by atoms with E-state index in [-0.39, 0.29) is 0 Å². The SMILES string of the molecule is NC(=O)c1ccc(-c2ncc3c(n2)-c2ccccc2OC3)cc1. The third-order valence-electron chi connectivity index (χ3n) is 3.82. The molecule has 0 saturated heterocycles. The number of benzene rings is 2. The molecule has 0 atom stereocenters. The fraction of sp³-hybridized carbons (Fsp3) is 0.0556. The highest BCUT2D eigenvalue weighted by atomic mass is 16.5. The maximum atomic E-state index is 11.2. The summed E-state index contributed by atoms with van der Waals surface area (Å²) in [5.41, 5.74) is 9.37. The fourth-order valence-electron chi connectivity index (χ4n) is 2.61. The molecule has 23 heavy (non-hydrogen) atoms. The number of primary amides is 1. The molecule has 1 aliphatic rings. The van der Waals surface area contributed by atoms with Gasteiger partial charge in [-0.25, -0.2) is 9.97 Å². The number of amides is 1. The molecule has 0 spiro atoms. The topological polar surface area (TPSA) is 78.1 Å². The van der Waals surface area contributed by atoms with Gasteiger partial charge in [0.15, 0.2) is 5.82 Å². The highest BCUT2D eigenvalue weighted by Gasteiger charge is 2.19. The van der Waals surface area contributed by atoms with Crippen molar-refractivity contribution in [2.24, 2.45) is 5.73 Å². The second kappa shape index (κ2) is 5.21. The fourth-order valence-corrected chi connectivity index (χ4v) is 2.61. The van der Waals surface area contributed by atoms with Gasteiger partial charge < -0.3 is 10.5 Å². The van der Waals surface area contributed by atoms with Crippen LogP contribution < -0.4 is 10.5 Å². The van der Waals surface area contributed by atoms with Crippen LogP contribution in [0.1, 0.15) is 15.9 Å². The Bertz CT molecular complexity index is 904. The van der Waals surface area contributed by atoms with Gasteiger partial charge >= 0.3 is 0 Å². The number of aromatic nitrogens is 2. The van der Waals surface area contributed by atoms with Crippen LogP contribution in [0.2, 0.25) is 0 Å². The first-order valence-corrected chi connectivity index (χ1v) is 7.21. The first-order valence-electron chi connectivity index (χ1n) is 7.21. The lowest BCUT2D eigenvalue weighted by atomic mass is 10.0. The number of hydrogen-bond acceptors (Lipinski definition) is 4. The van der Waals surface area contributed by atoms with Crippen molar-refractivity contribution in [3.8, 4) is 28.4 Å². The van der Waals surface area contributed by atoms with Gasteiger partial charge in [0, 0.05) is 28.5 Å². The highest BCUT2D eigenvalue weighted by Crippen LogP contribution is 2.36. The van der Waals surface area contributed by atoms with E-state index in [4.69, 9.17) is 15.5 Å². The van der Waals surface area contributed by atoms with Gasteiger partial charge in [0.1, 0.15) is 12.4 Å². The van der Waals surface area contributed by atoms with Gasteiger partial charge in [-0.3, -0.25) is 4.79 Å². The van der Waals surface area contributed by atoms with Crippen LogP contribution in [0.4, 0.5) is 0 Å². The molecule has 2 aromatic carbocycles. The summed E-state index contributed by atoms with van der Waals surface area (Å²) in [6.45, 7) is 0.466. The Kier molecular flexibility index (Phi) is 3.05. The van der Waals surface area contributed by atoms with E-state index in [1.165, 1.54) is 0 Å². The summed E-state index contributed by atoms with van der Waals surface area (Å²) in [6, 6.07) is 14.8. The minimum Gasteiger partial charge on any atom is -0.488 e. The molecule has 0 unspecified atom stereocenters. The smallest absolute Gasteiger partial charge is 0.248 e. The largest absolute Gasteiger partial charge is 0.488 e. The summed E-state index contributed by atoms with van der Waals surface area (Å²) in [5, 5.41) is 0. The number of nitrogens with zero attached hydrogens (tertiary/aromatic N) is 2. The summed E-state index contributed by atoms with van der Waals surface area (Å²) in [4.78, 5) is 20.2. The van der Waals surface area contributed by atoms with Crippen molar-refractivity contribution < 1.29 is 9.53 Å². The number of nitrogens with two attached hydrogens (primary N) is 1. The molecule has 2 heterocycles. The van der Waals surface area contributed by atoms with E-state index < -0.39 is 5.91 Å². The van der Waals surface area contributed by atoms with Crippen molar-refractivity contribution >= 4 is 5.91 Å².